The molecule has 2 rings (SSSR count). The lowest BCUT2D eigenvalue weighted by Crippen LogP contribution is -2.49. The molecule has 36 heavy (non-hydrogen) atoms. The molecule has 0 radical (unpaired) electrons. The summed E-state index contributed by atoms with van der Waals surface area (Å²) in [4.78, 5) is 30.4. The topological polar surface area (TPSA) is 147 Å². The molecule has 1 aromatic heterocycles. The third-order valence-electron chi connectivity index (χ3n) is 4.90. The van der Waals surface area contributed by atoms with Gasteiger partial charge in [0.1, 0.15) is 16.7 Å². The molecule has 1 unspecified atom stereocenters. The minimum atomic E-state index is -4.37. The Kier molecular flexibility index (Phi) is 10.3. The first-order valence-corrected chi connectivity index (χ1v) is 14.1. The molecule has 0 fully saturated rings. The summed E-state index contributed by atoms with van der Waals surface area (Å²) >= 11 is 1.44. The number of rotatable bonds is 11. The Morgan fingerprint density at radius 2 is 1.78 bits per heavy atom. The zero-order valence-corrected chi connectivity index (χ0v) is 23.1. The fraction of sp³-hybridized carbons (Fsp3) is 0.542. The highest BCUT2D eigenvalue weighted by Crippen LogP contribution is 2.24. The molecule has 2 amide bonds. The molecule has 4 N–H and O–H groups in total. The van der Waals surface area contributed by atoms with Crippen LogP contribution >= 0.6 is 11.3 Å². The maximum absolute atomic E-state index is 13.3. The summed E-state index contributed by atoms with van der Waals surface area (Å²) in [5.41, 5.74) is 1.24. The first kappa shape index (κ1) is 29.5. The predicted octanol–water partition coefficient (Wildman–Crippen LogP) is 4.26. The molecular formula is C24H36N4O6S2. The summed E-state index contributed by atoms with van der Waals surface area (Å²) in [6.45, 7) is 11.2. The average Bonchev–Trinajstić information content (AvgIpc) is 3.20. The number of aryl methyl sites for hydroxylation is 1. The van der Waals surface area contributed by atoms with E-state index in [2.05, 4.69) is 15.6 Å². The zero-order chi connectivity index (χ0) is 27.1. The number of ether oxygens (including phenoxy) is 1. The van der Waals surface area contributed by atoms with E-state index in [1.165, 1.54) is 23.5 Å². The van der Waals surface area contributed by atoms with E-state index in [0.29, 0.717) is 12.8 Å². The monoisotopic (exact) mass is 540 g/mol. The van der Waals surface area contributed by atoms with Gasteiger partial charge in [-0.25, -0.2) is 9.78 Å². The van der Waals surface area contributed by atoms with Crippen LogP contribution in [0.4, 0.5) is 10.5 Å². The van der Waals surface area contributed by atoms with Gasteiger partial charge in [-0.05, 0) is 63.6 Å². The van der Waals surface area contributed by atoms with Gasteiger partial charge in [-0.3, -0.25) is 14.1 Å². The molecule has 200 valence electrons. The highest BCUT2D eigenvalue weighted by molar-refractivity contribution is 7.87. The summed E-state index contributed by atoms with van der Waals surface area (Å²) in [6.07, 6.45) is 0.897. The molecule has 0 saturated carbocycles. The lowest BCUT2D eigenvalue weighted by molar-refractivity contribution is -0.124. The van der Waals surface area contributed by atoms with E-state index in [1.807, 2.05) is 30.9 Å². The van der Waals surface area contributed by atoms with Gasteiger partial charge in [-0.15, -0.1) is 11.3 Å². The van der Waals surface area contributed by atoms with Crippen molar-refractivity contribution < 1.29 is 27.3 Å². The van der Waals surface area contributed by atoms with E-state index in [0.717, 1.165) is 22.7 Å². The Bertz CT molecular complexity index is 1120. The first-order valence-electron chi connectivity index (χ1n) is 11.7. The molecule has 0 spiro atoms. The van der Waals surface area contributed by atoms with Crippen LogP contribution in [0.25, 0.3) is 0 Å². The number of carbonyl (C=O) groups excluding carboxylic acids is 2. The van der Waals surface area contributed by atoms with Crippen LogP contribution in [0, 0.1) is 5.92 Å². The van der Waals surface area contributed by atoms with Crippen LogP contribution in [0.1, 0.15) is 70.3 Å². The lowest BCUT2D eigenvalue weighted by atomic mass is 10.0. The second-order valence-corrected chi connectivity index (χ2v) is 11.9. The number of anilines is 1. The Hall–Kier alpha value is -2.70. The molecule has 0 aliphatic heterocycles. The SMILES string of the molecule is CCc1csc(C(Cc2ccc(NS(=O)(=O)O)cc2)NC(=O)[C@H](CC(C)C)NC(=O)OC(C)(C)C)n1. The molecule has 2 aromatic rings. The van der Waals surface area contributed by atoms with Crippen LogP contribution in [0.15, 0.2) is 29.6 Å². The Balaban J connectivity index is 2.25. The van der Waals surface area contributed by atoms with Gasteiger partial charge in [-0.1, -0.05) is 32.9 Å². The molecule has 12 heteroatoms. The zero-order valence-electron chi connectivity index (χ0n) is 21.5. The molecule has 0 aliphatic rings. The number of aromatic nitrogens is 1. The number of alkyl carbamates (subject to hydrolysis) is 1. The molecule has 0 bridgehead atoms. The average molecular weight is 541 g/mol. The Morgan fingerprint density at radius 1 is 1.14 bits per heavy atom. The quantitative estimate of drug-likeness (QED) is 0.311. The molecular weight excluding hydrogens is 504 g/mol. The Labute approximate surface area is 217 Å². The van der Waals surface area contributed by atoms with Gasteiger partial charge in [0.15, 0.2) is 0 Å². The number of hydrogen-bond donors (Lipinski definition) is 4. The number of nitrogens with zero attached hydrogens (tertiary/aromatic N) is 1. The molecule has 0 aliphatic carbocycles. The number of carbonyl (C=O) groups is 2. The maximum Gasteiger partial charge on any atom is 0.408 e. The molecule has 2 atom stereocenters. The number of thiazole rings is 1. The Morgan fingerprint density at radius 3 is 2.28 bits per heavy atom. The highest BCUT2D eigenvalue weighted by atomic mass is 32.2. The molecule has 1 heterocycles. The second kappa shape index (κ2) is 12.5. The summed E-state index contributed by atoms with van der Waals surface area (Å²) in [7, 11) is -4.37. The van der Waals surface area contributed by atoms with Gasteiger partial charge >= 0.3 is 16.4 Å². The van der Waals surface area contributed by atoms with Crippen molar-refractivity contribution in [1.29, 1.82) is 0 Å². The second-order valence-electron chi connectivity index (χ2n) is 9.90. The van der Waals surface area contributed by atoms with E-state index >= 15 is 0 Å². The highest BCUT2D eigenvalue weighted by Gasteiger charge is 2.28. The summed E-state index contributed by atoms with van der Waals surface area (Å²) in [5, 5.41) is 8.39. The van der Waals surface area contributed by atoms with E-state index in [-0.39, 0.29) is 17.5 Å². The number of hydrogen-bond acceptors (Lipinski definition) is 7. The van der Waals surface area contributed by atoms with E-state index in [1.54, 1.807) is 32.9 Å². The molecule has 10 nitrogen and oxygen atoms in total. The van der Waals surface area contributed by atoms with Crippen molar-refractivity contribution >= 4 is 39.3 Å². The van der Waals surface area contributed by atoms with Gasteiger partial charge in [0.05, 0.1) is 17.4 Å². The van der Waals surface area contributed by atoms with Gasteiger partial charge in [0, 0.05) is 5.38 Å². The van der Waals surface area contributed by atoms with Crippen LogP contribution in [0.3, 0.4) is 0 Å². The lowest BCUT2D eigenvalue weighted by Gasteiger charge is -2.26. The van der Waals surface area contributed by atoms with Crippen LogP contribution in [-0.4, -0.2) is 41.6 Å². The van der Waals surface area contributed by atoms with Crippen molar-refractivity contribution in [3.63, 3.8) is 0 Å². The van der Waals surface area contributed by atoms with Crippen LogP contribution in [0.5, 0.6) is 0 Å². The van der Waals surface area contributed by atoms with Gasteiger partial charge in [0.25, 0.3) is 0 Å². The summed E-state index contributed by atoms with van der Waals surface area (Å²) in [6, 6.07) is 5.17. The minimum absolute atomic E-state index is 0.142. The van der Waals surface area contributed by atoms with E-state index < -0.39 is 34.1 Å². The van der Waals surface area contributed by atoms with Crippen molar-refractivity contribution in [2.24, 2.45) is 5.92 Å². The van der Waals surface area contributed by atoms with Crippen molar-refractivity contribution in [3.05, 3.63) is 45.9 Å². The van der Waals surface area contributed by atoms with Crippen molar-refractivity contribution in [3.8, 4) is 0 Å². The van der Waals surface area contributed by atoms with Gasteiger partial charge in [-0.2, -0.15) is 8.42 Å². The maximum atomic E-state index is 13.3. The summed E-state index contributed by atoms with van der Waals surface area (Å²) < 4.78 is 38.4. The van der Waals surface area contributed by atoms with Crippen molar-refractivity contribution in [1.82, 2.24) is 15.6 Å². The fourth-order valence-electron chi connectivity index (χ4n) is 3.36. The smallest absolute Gasteiger partial charge is 0.408 e. The minimum Gasteiger partial charge on any atom is -0.444 e. The van der Waals surface area contributed by atoms with Gasteiger partial charge < -0.3 is 15.4 Å². The number of nitrogens with one attached hydrogen (secondary N) is 3. The van der Waals surface area contributed by atoms with Crippen LogP contribution in [-0.2, 0) is 32.7 Å². The number of benzene rings is 1. The summed E-state index contributed by atoms with van der Waals surface area (Å²) in [5.74, 6) is -0.207. The van der Waals surface area contributed by atoms with E-state index in [9.17, 15) is 18.0 Å². The third-order valence-corrected chi connectivity index (χ3v) is 6.40. The number of amides is 2. The van der Waals surface area contributed by atoms with Crippen molar-refractivity contribution in [2.75, 3.05) is 4.72 Å². The van der Waals surface area contributed by atoms with Crippen molar-refractivity contribution in [2.45, 2.75) is 78.5 Å². The van der Waals surface area contributed by atoms with Gasteiger partial charge in [0.2, 0.25) is 5.91 Å². The molecule has 1 aromatic carbocycles. The molecule has 0 saturated heterocycles. The fourth-order valence-corrected chi connectivity index (χ4v) is 4.75. The normalized spacial score (nSPS) is 13.7. The van der Waals surface area contributed by atoms with Crippen LogP contribution < -0.4 is 15.4 Å². The predicted molar refractivity (Wildman–Crippen MR) is 140 cm³/mol. The third kappa shape index (κ3) is 10.5. The van der Waals surface area contributed by atoms with E-state index in [4.69, 9.17) is 9.29 Å². The largest absolute Gasteiger partial charge is 0.444 e. The van der Waals surface area contributed by atoms with Crippen LogP contribution in [0.2, 0.25) is 0 Å². The standard InChI is InChI=1S/C24H36N4O6S2/c1-7-17-14-35-22(25-17)20(13-16-8-10-18(11-9-16)28-36(31,32)33)26-21(29)19(12-15(2)3)27-23(30)34-24(4,5)6/h8-11,14-15,19-20,28H,7,12-13H2,1-6H3,(H,26,29)(H,27,30)(H,31,32,33)/t19-,20?/m0/s1. The first-order chi connectivity index (χ1) is 16.6.